The number of benzene rings is 1. The quantitative estimate of drug-likeness (QED) is 0.853. The van der Waals surface area contributed by atoms with E-state index in [9.17, 15) is 4.39 Å². The van der Waals surface area contributed by atoms with Gasteiger partial charge in [0.1, 0.15) is 5.82 Å². The zero-order valence-corrected chi connectivity index (χ0v) is 8.59. The normalized spacial score (nSPS) is 12.9. The van der Waals surface area contributed by atoms with Crippen molar-refractivity contribution < 1.29 is 9.50 Å². The minimum atomic E-state index is -0.334. The Kier molecular flexibility index (Phi) is 3.84. The molecule has 4 heteroatoms. The van der Waals surface area contributed by atoms with Crippen molar-refractivity contribution in [1.29, 1.82) is 0 Å². The van der Waals surface area contributed by atoms with Gasteiger partial charge in [0, 0.05) is 16.9 Å². The SMILES string of the molecule is NCC(CO)c1ccc(Br)cc1F. The van der Waals surface area contributed by atoms with Gasteiger partial charge in [0.2, 0.25) is 0 Å². The fourth-order valence-corrected chi connectivity index (χ4v) is 1.47. The number of rotatable bonds is 3. The molecule has 0 aliphatic heterocycles. The standard InChI is InChI=1S/C9H11BrFNO/c10-7-1-2-8(9(11)3-7)6(4-12)5-13/h1-3,6,13H,4-5,12H2. The van der Waals surface area contributed by atoms with Crippen LogP contribution < -0.4 is 5.73 Å². The molecular weight excluding hydrogens is 237 g/mol. The van der Waals surface area contributed by atoms with Crippen LogP contribution in [0.2, 0.25) is 0 Å². The molecule has 0 saturated carbocycles. The van der Waals surface area contributed by atoms with Crippen LogP contribution >= 0.6 is 15.9 Å². The lowest BCUT2D eigenvalue weighted by Gasteiger charge is -2.12. The third-order valence-electron chi connectivity index (χ3n) is 1.91. The summed E-state index contributed by atoms with van der Waals surface area (Å²) in [5, 5.41) is 8.91. The smallest absolute Gasteiger partial charge is 0.127 e. The molecule has 0 spiro atoms. The molecule has 3 N–H and O–H groups in total. The third kappa shape index (κ3) is 2.49. The molecule has 0 fully saturated rings. The zero-order valence-electron chi connectivity index (χ0n) is 7.00. The Labute approximate surface area is 84.7 Å². The molecule has 72 valence electrons. The number of aliphatic hydroxyl groups excluding tert-OH is 1. The van der Waals surface area contributed by atoms with Gasteiger partial charge in [-0.1, -0.05) is 22.0 Å². The van der Waals surface area contributed by atoms with Gasteiger partial charge in [-0.15, -0.1) is 0 Å². The van der Waals surface area contributed by atoms with Crippen LogP contribution in [-0.2, 0) is 0 Å². The summed E-state index contributed by atoms with van der Waals surface area (Å²) in [6.07, 6.45) is 0. The fourth-order valence-electron chi connectivity index (χ4n) is 1.13. The van der Waals surface area contributed by atoms with E-state index >= 15 is 0 Å². The summed E-state index contributed by atoms with van der Waals surface area (Å²) >= 11 is 3.16. The Balaban J connectivity index is 2.99. The molecule has 0 bridgehead atoms. The highest BCUT2D eigenvalue weighted by Gasteiger charge is 2.12. The van der Waals surface area contributed by atoms with E-state index in [1.165, 1.54) is 6.07 Å². The molecule has 1 rings (SSSR count). The van der Waals surface area contributed by atoms with Crippen LogP contribution in [0, 0.1) is 5.82 Å². The lowest BCUT2D eigenvalue weighted by atomic mass is 10.00. The van der Waals surface area contributed by atoms with Crippen molar-refractivity contribution in [2.45, 2.75) is 5.92 Å². The lowest BCUT2D eigenvalue weighted by molar-refractivity contribution is 0.265. The van der Waals surface area contributed by atoms with Gasteiger partial charge in [-0.3, -0.25) is 0 Å². The Hall–Kier alpha value is -0.450. The van der Waals surface area contributed by atoms with Crippen molar-refractivity contribution >= 4 is 15.9 Å². The summed E-state index contributed by atoms with van der Waals surface area (Å²) in [5.41, 5.74) is 5.85. The van der Waals surface area contributed by atoms with E-state index in [-0.39, 0.29) is 24.9 Å². The van der Waals surface area contributed by atoms with E-state index in [0.717, 1.165) is 0 Å². The minimum absolute atomic E-state index is 0.130. The fraction of sp³-hybridized carbons (Fsp3) is 0.333. The second-order valence-corrected chi connectivity index (χ2v) is 3.70. The summed E-state index contributed by atoms with van der Waals surface area (Å²) in [5.74, 6) is -0.646. The molecule has 0 heterocycles. The predicted molar refractivity (Wildman–Crippen MR) is 53.0 cm³/mol. The molecule has 1 atom stereocenters. The molecule has 0 aliphatic rings. The van der Waals surface area contributed by atoms with E-state index in [1.807, 2.05) is 0 Å². The van der Waals surface area contributed by atoms with E-state index in [4.69, 9.17) is 10.8 Å². The highest BCUT2D eigenvalue weighted by Crippen LogP contribution is 2.21. The second kappa shape index (κ2) is 4.69. The summed E-state index contributed by atoms with van der Waals surface area (Å²) in [4.78, 5) is 0. The van der Waals surface area contributed by atoms with Crippen LogP contribution in [0.25, 0.3) is 0 Å². The lowest BCUT2D eigenvalue weighted by Crippen LogP contribution is -2.17. The summed E-state index contributed by atoms with van der Waals surface area (Å²) < 4.78 is 14.0. The number of halogens is 2. The van der Waals surface area contributed by atoms with Gasteiger partial charge >= 0.3 is 0 Å². The number of hydrogen-bond acceptors (Lipinski definition) is 2. The molecular formula is C9H11BrFNO. The first-order valence-corrected chi connectivity index (χ1v) is 4.74. The molecule has 1 aromatic carbocycles. The zero-order chi connectivity index (χ0) is 9.84. The molecule has 1 unspecified atom stereocenters. The van der Waals surface area contributed by atoms with Crippen molar-refractivity contribution in [3.05, 3.63) is 34.1 Å². The van der Waals surface area contributed by atoms with Gasteiger partial charge in [-0.05, 0) is 17.7 Å². The van der Waals surface area contributed by atoms with Crippen LogP contribution in [0.15, 0.2) is 22.7 Å². The van der Waals surface area contributed by atoms with Gasteiger partial charge in [-0.2, -0.15) is 0 Å². The number of nitrogens with two attached hydrogens (primary N) is 1. The van der Waals surface area contributed by atoms with E-state index in [0.29, 0.717) is 10.0 Å². The predicted octanol–water partition coefficient (Wildman–Crippen LogP) is 1.62. The molecule has 13 heavy (non-hydrogen) atoms. The maximum atomic E-state index is 13.3. The first-order valence-electron chi connectivity index (χ1n) is 3.95. The van der Waals surface area contributed by atoms with Crippen LogP contribution in [-0.4, -0.2) is 18.3 Å². The second-order valence-electron chi connectivity index (χ2n) is 2.78. The molecule has 0 aliphatic carbocycles. The summed E-state index contributed by atoms with van der Waals surface area (Å²) in [6, 6.07) is 4.73. The van der Waals surface area contributed by atoms with Crippen molar-refractivity contribution in [2.24, 2.45) is 5.73 Å². The van der Waals surface area contributed by atoms with Crippen molar-refractivity contribution in [3.8, 4) is 0 Å². The molecule has 0 saturated heterocycles. The van der Waals surface area contributed by atoms with Crippen LogP contribution in [0.4, 0.5) is 4.39 Å². The van der Waals surface area contributed by atoms with Gasteiger partial charge in [0.15, 0.2) is 0 Å². The third-order valence-corrected chi connectivity index (χ3v) is 2.40. The molecule has 0 radical (unpaired) electrons. The first-order chi connectivity index (χ1) is 6.19. The van der Waals surface area contributed by atoms with Gasteiger partial charge in [0.05, 0.1) is 6.61 Å². The highest BCUT2D eigenvalue weighted by atomic mass is 79.9. The molecule has 1 aromatic rings. The average Bonchev–Trinajstić information content (AvgIpc) is 2.10. The monoisotopic (exact) mass is 247 g/mol. The van der Waals surface area contributed by atoms with Crippen LogP contribution in [0.5, 0.6) is 0 Å². The largest absolute Gasteiger partial charge is 0.396 e. The maximum absolute atomic E-state index is 13.3. The molecule has 2 nitrogen and oxygen atoms in total. The van der Waals surface area contributed by atoms with E-state index in [1.54, 1.807) is 12.1 Å². The Morgan fingerprint density at radius 2 is 2.23 bits per heavy atom. The Bertz CT molecular complexity index is 289. The minimum Gasteiger partial charge on any atom is -0.396 e. The van der Waals surface area contributed by atoms with Gasteiger partial charge < -0.3 is 10.8 Å². The van der Waals surface area contributed by atoms with Gasteiger partial charge in [-0.25, -0.2) is 4.39 Å². The van der Waals surface area contributed by atoms with Crippen LogP contribution in [0.3, 0.4) is 0 Å². The van der Waals surface area contributed by atoms with Crippen molar-refractivity contribution in [2.75, 3.05) is 13.2 Å². The first kappa shape index (κ1) is 10.6. The Morgan fingerprint density at radius 3 is 2.69 bits per heavy atom. The average molecular weight is 248 g/mol. The van der Waals surface area contributed by atoms with E-state index in [2.05, 4.69) is 15.9 Å². The summed E-state index contributed by atoms with van der Waals surface area (Å²) in [7, 11) is 0. The van der Waals surface area contributed by atoms with Crippen molar-refractivity contribution in [3.63, 3.8) is 0 Å². The molecule has 0 aromatic heterocycles. The van der Waals surface area contributed by atoms with E-state index < -0.39 is 0 Å². The van der Waals surface area contributed by atoms with Crippen LogP contribution in [0.1, 0.15) is 11.5 Å². The molecule has 0 amide bonds. The summed E-state index contributed by atoms with van der Waals surface area (Å²) in [6.45, 7) is 0.115. The Morgan fingerprint density at radius 1 is 1.54 bits per heavy atom. The van der Waals surface area contributed by atoms with Gasteiger partial charge in [0.25, 0.3) is 0 Å². The number of hydrogen-bond donors (Lipinski definition) is 2. The topological polar surface area (TPSA) is 46.2 Å². The van der Waals surface area contributed by atoms with Crippen molar-refractivity contribution in [1.82, 2.24) is 0 Å². The highest BCUT2D eigenvalue weighted by molar-refractivity contribution is 9.10. The number of aliphatic hydroxyl groups is 1. The maximum Gasteiger partial charge on any atom is 0.127 e.